The number of para-hydroxylation sites is 3. The van der Waals surface area contributed by atoms with E-state index in [1.54, 1.807) is 42.6 Å². The lowest BCUT2D eigenvalue weighted by molar-refractivity contribution is -0.181. The van der Waals surface area contributed by atoms with Gasteiger partial charge in [-0.25, -0.2) is 47.2 Å². The summed E-state index contributed by atoms with van der Waals surface area (Å²) in [5, 5.41) is 88.4. The van der Waals surface area contributed by atoms with Crippen molar-refractivity contribution < 1.29 is 72.4 Å². The number of carbonyl (C=O) groups excluding carboxylic acids is 3. The van der Waals surface area contributed by atoms with Crippen molar-refractivity contribution in [1.29, 1.82) is 0 Å². The van der Waals surface area contributed by atoms with Gasteiger partial charge in [0.2, 0.25) is 29.1 Å². The van der Waals surface area contributed by atoms with Crippen molar-refractivity contribution >= 4 is 78.9 Å². The molecule has 6 aromatic carbocycles. The van der Waals surface area contributed by atoms with E-state index in [0.717, 1.165) is 154 Å². The molecule has 0 saturated heterocycles. The smallest absolute Gasteiger partial charge is 0.274 e. The number of allylic oxidation sites excluding steroid dienone is 3. The second kappa shape index (κ2) is 32.5. The number of pyridine rings is 1. The summed E-state index contributed by atoms with van der Waals surface area (Å²) in [4.78, 5) is 59.0. The summed E-state index contributed by atoms with van der Waals surface area (Å²) in [5.41, 5.74) is 7.20. The van der Waals surface area contributed by atoms with E-state index in [2.05, 4.69) is 74.2 Å². The van der Waals surface area contributed by atoms with Gasteiger partial charge >= 0.3 is 0 Å². The first-order chi connectivity index (χ1) is 64.3. The number of aliphatic hydroxyl groups is 6. The Kier molecular flexibility index (Phi) is 21.4. The highest BCUT2D eigenvalue weighted by Crippen LogP contribution is 2.72. The standard InChI is InChI=1S/C37H38FN3O4.C36H37FN4O4.C35H36FN3O4S/c1-35-18-23-20-40-41(26-10-8-25(38)9-11-26)30(23)17-24(35)7-12-28-29-13-15-37(44,36(29,2)19-31(42)33(28)35)32(43)21-45-34-27-6-4-3-5-22(27)14-16-39-34;1-34-16-21-18-39-41(24-10-8-23(37)9-11-24)29(21)15-22(34)7-12-25-26-13-14-36(44,35(26,2)17-30(42)33(25)34)31(43)20-45-32-19-38-27-5-3-4-6-28(27)40-32;1-33-16-20-18-37-39(23-10-8-22(36)9-11-23)27(20)15-21(33)7-12-24-25-13-14-35(42,34(25,2)17-28(40)31(24)33)30(41)19-43-32-38-26-5-3-4-6-29(26)44-32/h3-6,8-11,14,16-17,20,28-29,31,33,42,44H,7,12-13,15,18-19,21H2,1-2H3;3-6,8-11,15,18-19,25-26,30,33,42,44H,7,12-14,16-17,20H2,1-2H3;3-6,8-11,15,18,24-25,28,31,40,42H,7,12-14,16-17,19H2,1-2H3/t28?,29?,31-,33?,35?,36?,37-;25?,26?,30-,33?,34?,35?,36-;24?,25?,28-,31?,33?,34?,35-/m000/s1. The van der Waals surface area contributed by atoms with Gasteiger partial charge in [0, 0.05) is 27.8 Å². The van der Waals surface area contributed by atoms with Gasteiger partial charge < -0.3 is 44.8 Å². The van der Waals surface area contributed by atoms with Crippen LogP contribution in [0.4, 0.5) is 13.2 Å². The summed E-state index contributed by atoms with van der Waals surface area (Å²) in [6.45, 7) is 12.0. The van der Waals surface area contributed by atoms with E-state index in [4.69, 9.17) is 14.2 Å². The fourth-order valence-corrected chi connectivity index (χ4v) is 30.0. The molecule has 0 amide bonds. The molecule has 6 heterocycles. The van der Waals surface area contributed by atoms with Crippen LogP contribution in [0, 0.1) is 103 Å². The lowest BCUT2D eigenvalue weighted by Crippen LogP contribution is -2.62. The third kappa shape index (κ3) is 13.8. The number of thiazole rings is 1. The molecule has 6 aromatic heterocycles. The monoisotopic (exact) mass is 1830 g/mol. The maximum absolute atomic E-state index is 13.8. The van der Waals surface area contributed by atoms with Gasteiger partial charge in [-0.1, -0.05) is 112 Å². The van der Waals surface area contributed by atoms with Crippen molar-refractivity contribution in [2.75, 3.05) is 19.8 Å². The van der Waals surface area contributed by atoms with E-state index in [1.807, 2.05) is 132 Å². The first kappa shape index (κ1) is 88.1. The molecule has 692 valence electrons. The molecule has 26 heteroatoms. The molecule has 9 fully saturated rings. The molecule has 6 N–H and O–H groups in total. The molecular weight excluding hydrogens is 1720 g/mol. The number of aliphatic hydroxyl groups excluding tert-OH is 3. The maximum atomic E-state index is 13.8. The van der Waals surface area contributed by atoms with Crippen LogP contribution in [0.15, 0.2) is 199 Å². The molecule has 134 heavy (non-hydrogen) atoms. The molecule has 12 aromatic rings. The molecule has 12 aliphatic rings. The Morgan fingerprint density at radius 1 is 0.425 bits per heavy atom. The summed E-state index contributed by atoms with van der Waals surface area (Å²) in [6, 6.07) is 43.9. The molecule has 12 aliphatic carbocycles. The number of fused-ring (bicyclic) bond motifs is 21. The molecule has 22 nitrogen and oxygen atoms in total. The van der Waals surface area contributed by atoms with Gasteiger partial charge in [-0.15, -0.1) is 0 Å². The SMILES string of the molecule is CC12Cc3cnn(-c4ccc(F)cc4)c3C=C1CCC1C2[C@@H](O)CC2(C)C1CC[C@]2(O)C(=O)COc1cnc2ccccc2n1.CC12Cc3cnn(-c4ccc(F)cc4)c3C=C1CCC1C2[C@@H](O)CC2(C)C1CC[C@]2(O)C(=O)COc1nc2ccccc2s1.CC12Cc3cnn(-c4ccc(F)cc4)c3C=C1CCC1C2[C@@H](O)CC2(C)C1CC[C@]2(O)C(=O)COc1nccc2ccccc12. The van der Waals surface area contributed by atoms with E-state index in [1.165, 1.54) is 70.7 Å². The molecule has 0 bridgehead atoms. The molecule has 0 spiro atoms. The minimum Gasteiger partial charge on any atom is -0.469 e. The predicted molar refractivity (Wildman–Crippen MR) is 500 cm³/mol. The van der Waals surface area contributed by atoms with Crippen LogP contribution < -0.4 is 14.2 Å². The molecule has 0 aliphatic heterocycles. The summed E-state index contributed by atoms with van der Waals surface area (Å²) < 4.78 is 65.0. The highest BCUT2D eigenvalue weighted by Gasteiger charge is 2.72. The molecule has 15 unspecified atom stereocenters. The van der Waals surface area contributed by atoms with Gasteiger partial charge in [-0.2, -0.15) is 15.3 Å². The normalized spacial score (nSPS) is 33.7. The number of halogens is 3. The topological polar surface area (TPSA) is 305 Å². The molecule has 24 rings (SSSR count). The Bertz CT molecular complexity index is 6750. The summed E-state index contributed by atoms with van der Waals surface area (Å²) in [5.74, 6) is -0.375. The number of carbonyl (C=O) groups is 3. The Morgan fingerprint density at radius 3 is 1.23 bits per heavy atom. The summed E-state index contributed by atoms with van der Waals surface area (Å²) in [7, 11) is 0. The van der Waals surface area contributed by atoms with Crippen molar-refractivity contribution in [2.45, 2.75) is 192 Å². The van der Waals surface area contributed by atoms with E-state index in [-0.39, 0.29) is 130 Å². The van der Waals surface area contributed by atoms with Gasteiger partial charge in [0.05, 0.1) is 98.5 Å². The number of hydrogen-bond acceptors (Lipinski definition) is 20. The zero-order chi connectivity index (χ0) is 92.7. The van der Waals surface area contributed by atoms with Crippen LogP contribution in [0.3, 0.4) is 0 Å². The summed E-state index contributed by atoms with van der Waals surface area (Å²) in [6.07, 6.45) is 25.5. The van der Waals surface area contributed by atoms with Gasteiger partial charge in [0.25, 0.3) is 5.19 Å². The molecular formula is C108H111F3N10O12S. The van der Waals surface area contributed by atoms with Crippen LogP contribution in [-0.2, 0) is 33.6 Å². The first-order valence-electron chi connectivity index (χ1n) is 47.6. The average molecular weight is 1830 g/mol. The van der Waals surface area contributed by atoms with Gasteiger partial charge in [0.15, 0.2) is 19.8 Å². The minimum atomic E-state index is -1.60. The van der Waals surface area contributed by atoms with Crippen molar-refractivity contribution in [1.82, 2.24) is 49.3 Å². The van der Waals surface area contributed by atoms with Gasteiger partial charge in [-0.3, -0.25) is 14.4 Å². The van der Waals surface area contributed by atoms with Crippen LogP contribution in [-0.4, -0.2) is 152 Å². The van der Waals surface area contributed by atoms with Crippen molar-refractivity contribution in [2.24, 2.45) is 85.8 Å². The van der Waals surface area contributed by atoms with E-state index in [0.29, 0.717) is 55.1 Å². The van der Waals surface area contributed by atoms with Crippen LogP contribution in [0.2, 0.25) is 0 Å². The molecule has 21 atom stereocenters. The van der Waals surface area contributed by atoms with Crippen LogP contribution in [0.25, 0.3) is 67.3 Å². The highest BCUT2D eigenvalue weighted by atomic mass is 32.1. The average Bonchev–Trinajstić information content (AvgIpc) is 1.49. The number of aromatic nitrogens is 10. The highest BCUT2D eigenvalue weighted by molar-refractivity contribution is 7.20. The van der Waals surface area contributed by atoms with Crippen LogP contribution in [0.5, 0.6) is 17.0 Å². The molecule has 0 radical (unpaired) electrons. The van der Waals surface area contributed by atoms with Crippen molar-refractivity contribution in [3.8, 4) is 34.0 Å². The fraction of sp³-hybridized carbons (Fsp3) is 0.444. The lowest BCUT2D eigenvalue weighted by Gasteiger charge is -2.60. The number of benzene rings is 6. The van der Waals surface area contributed by atoms with Crippen molar-refractivity contribution in [3.05, 3.63) is 251 Å². The maximum Gasteiger partial charge on any atom is 0.274 e. The quantitative estimate of drug-likeness (QED) is 0.0555. The van der Waals surface area contributed by atoms with E-state index < -0.39 is 51.4 Å². The second-order valence-corrected chi connectivity index (χ2v) is 43.0. The Balaban J connectivity index is 0.000000117. The number of nitrogens with zero attached hydrogens (tertiary/aromatic N) is 10. The van der Waals surface area contributed by atoms with Crippen molar-refractivity contribution in [3.63, 3.8) is 0 Å². The summed E-state index contributed by atoms with van der Waals surface area (Å²) >= 11 is 1.39. The van der Waals surface area contributed by atoms with Crippen LogP contribution >= 0.6 is 11.3 Å². The number of hydrogen-bond donors (Lipinski definition) is 6. The minimum absolute atomic E-state index is 0.000489. The lowest BCUT2D eigenvalue weighted by atomic mass is 9.45. The number of ketones is 3. The third-order valence-electron chi connectivity index (χ3n) is 35.7. The number of rotatable bonds is 15. The van der Waals surface area contributed by atoms with Gasteiger partial charge in [-0.05, 0) is 335 Å². The fourth-order valence-electron chi connectivity index (χ4n) is 29.2. The Labute approximate surface area is 778 Å². The first-order valence-corrected chi connectivity index (χ1v) is 48.4. The number of Topliss-reactive ketones (excluding diaryl/α,β-unsaturated/α-hetero) is 3. The van der Waals surface area contributed by atoms with E-state index >= 15 is 0 Å². The zero-order valence-electron chi connectivity index (χ0n) is 76.0. The van der Waals surface area contributed by atoms with Gasteiger partial charge in [0.1, 0.15) is 34.3 Å². The number of ether oxygens (including phenoxy) is 3. The molecule has 9 saturated carbocycles. The third-order valence-corrected chi connectivity index (χ3v) is 36.6. The predicted octanol–water partition coefficient (Wildman–Crippen LogP) is 17.7. The van der Waals surface area contributed by atoms with Crippen LogP contribution in [0.1, 0.15) is 172 Å². The second-order valence-electron chi connectivity index (χ2n) is 42.0. The zero-order valence-corrected chi connectivity index (χ0v) is 76.8. The Morgan fingerprint density at radius 2 is 0.806 bits per heavy atom. The van der Waals surface area contributed by atoms with E-state index in [9.17, 15) is 58.2 Å². The largest absolute Gasteiger partial charge is 0.469 e. The Hall–Kier alpha value is -11.2.